The summed E-state index contributed by atoms with van der Waals surface area (Å²) in [5.74, 6) is -1.63. The molecule has 1 unspecified atom stereocenters. The van der Waals surface area contributed by atoms with Crippen LogP contribution in [0.3, 0.4) is 0 Å². The van der Waals surface area contributed by atoms with Gasteiger partial charge in [-0.2, -0.15) is 13.2 Å². The van der Waals surface area contributed by atoms with E-state index in [0.717, 1.165) is 12.5 Å². The number of aliphatic carboxylic acids is 1. The molecule has 4 nitrogen and oxygen atoms in total. The third-order valence-electron chi connectivity index (χ3n) is 3.56. The molecule has 1 N–H and O–H groups in total. The van der Waals surface area contributed by atoms with Gasteiger partial charge in [-0.05, 0) is 24.0 Å². The van der Waals surface area contributed by atoms with Gasteiger partial charge >= 0.3 is 12.1 Å². The summed E-state index contributed by atoms with van der Waals surface area (Å²) >= 11 is 6.09. The first kappa shape index (κ1) is 19.4. The maximum absolute atomic E-state index is 13.1. The molecular formula is C17H18ClF3O4. The molecule has 0 radical (unpaired) electrons. The van der Waals surface area contributed by atoms with Gasteiger partial charge in [-0.15, -0.1) is 0 Å². The quantitative estimate of drug-likeness (QED) is 0.805. The number of carboxylic acids is 1. The predicted octanol–water partition coefficient (Wildman–Crippen LogP) is 4.95. The van der Waals surface area contributed by atoms with Crippen molar-refractivity contribution in [2.75, 3.05) is 6.61 Å². The maximum Gasteiger partial charge on any atom is 0.430 e. The summed E-state index contributed by atoms with van der Waals surface area (Å²) in [6.45, 7) is 6.42. The highest BCUT2D eigenvalue weighted by Gasteiger charge is 2.48. The van der Waals surface area contributed by atoms with Gasteiger partial charge in [0.05, 0.1) is 17.2 Å². The molecule has 1 atom stereocenters. The lowest BCUT2D eigenvalue weighted by Gasteiger charge is -2.27. The summed E-state index contributed by atoms with van der Waals surface area (Å²) in [4.78, 5) is 11.1. The van der Waals surface area contributed by atoms with Crippen molar-refractivity contribution in [1.29, 1.82) is 0 Å². The number of fused-ring (bicyclic) bond motifs is 1. The predicted molar refractivity (Wildman–Crippen MR) is 87.1 cm³/mol. The average Bonchev–Trinajstić information content (AvgIpc) is 2.44. The highest BCUT2D eigenvalue weighted by atomic mass is 35.5. The van der Waals surface area contributed by atoms with Crippen molar-refractivity contribution in [3.05, 3.63) is 28.3 Å². The van der Waals surface area contributed by atoms with Crippen LogP contribution in [0.2, 0.25) is 5.02 Å². The molecular weight excluding hydrogens is 361 g/mol. The van der Waals surface area contributed by atoms with Crippen molar-refractivity contribution in [2.45, 2.75) is 39.5 Å². The highest BCUT2D eigenvalue weighted by Crippen LogP contribution is 2.41. The molecule has 1 aromatic carbocycles. The molecule has 1 heterocycles. The Morgan fingerprint density at radius 1 is 1.32 bits per heavy atom. The zero-order valence-corrected chi connectivity index (χ0v) is 14.7. The molecule has 1 aliphatic rings. The fraction of sp³-hybridized carbons (Fsp3) is 0.471. The van der Waals surface area contributed by atoms with Crippen LogP contribution in [0, 0.1) is 5.41 Å². The first-order valence-corrected chi connectivity index (χ1v) is 7.91. The number of rotatable bonds is 4. The topological polar surface area (TPSA) is 55.8 Å². The molecule has 138 valence electrons. The van der Waals surface area contributed by atoms with Crippen LogP contribution in [-0.4, -0.2) is 30.0 Å². The van der Waals surface area contributed by atoms with Gasteiger partial charge in [0.2, 0.25) is 6.10 Å². The van der Waals surface area contributed by atoms with Gasteiger partial charge in [0.25, 0.3) is 0 Å². The number of alkyl halides is 3. The van der Waals surface area contributed by atoms with Crippen LogP contribution in [-0.2, 0) is 4.79 Å². The van der Waals surface area contributed by atoms with E-state index < -0.39 is 23.8 Å². The van der Waals surface area contributed by atoms with Crippen molar-refractivity contribution in [3.63, 3.8) is 0 Å². The number of hydrogen-bond donors (Lipinski definition) is 1. The zero-order valence-electron chi connectivity index (χ0n) is 13.9. The average molecular weight is 379 g/mol. The third-order valence-corrected chi connectivity index (χ3v) is 3.85. The van der Waals surface area contributed by atoms with E-state index >= 15 is 0 Å². The first-order valence-electron chi connectivity index (χ1n) is 7.53. The lowest BCUT2D eigenvalue weighted by atomic mass is 9.93. The van der Waals surface area contributed by atoms with Gasteiger partial charge in [0, 0.05) is 11.6 Å². The Kier molecular flexibility index (Phi) is 5.27. The summed E-state index contributed by atoms with van der Waals surface area (Å²) in [5, 5.41) is 9.18. The Hall–Kier alpha value is -1.89. The van der Waals surface area contributed by atoms with Crippen LogP contribution in [0.15, 0.2) is 17.7 Å². The molecule has 0 saturated heterocycles. The zero-order chi connectivity index (χ0) is 19.0. The number of hydrogen-bond acceptors (Lipinski definition) is 3. The molecule has 0 bridgehead atoms. The Balaban J connectivity index is 2.32. The maximum atomic E-state index is 13.1. The molecule has 1 aromatic rings. The second-order valence-corrected chi connectivity index (χ2v) is 7.33. The fourth-order valence-corrected chi connectivity index (χ4v) is 2.42. The number of benzene rings is 1. The van der Waals surface area contributed by atoms with Crippen LogP contribution in [0.5, 0.6) is 11.5 Å². The van der Waals surface area contributed by atoms with Gasteiger partial charge < -0.3 is 14.6 Å². The first-order chi connectivity index (χ1) is 11.4. The molecule has 8 heteroatoms. The van der Waals surface area contributed by atoms with Crippen molar-refractivity contribution < 1.29 is 32.5 Å². The normalized spacial score (nSPS) is 17.4. The van der Waals surface area contributed by atoms with Crippen LogP contribution in [0.25, 0.3) is 6.08 Å². The Morgan fingerprint density at radius 2 is 1.96 bits per heavy atom. The minimum atomic E-state index is -4.85. The van der Waals surface area contributed by atoms with E-state index in [1.807, 2.05) is 20.8 Å². The van der Waals surface area contributed by atoms with Crippen LogP contribution in [0.1, 0.15) is 32.8 Å². The summed E-state index contributed by atoms with van der Waals surface area (Å²) in [7, 11) is 0. The number of carboxylic acid groups (broad SMARTS) is 1. The van der Waals surface area contributed by atoms with Gasteiger partial charge in [-0.1, -0.05) is 32.4 Å². The standard InChI is InChI=1S/C17H18ClF3O4/c1-16(2,3)4-5-24-13-8-12-9(7-11(13)18)6-10(15(22)23)14(25-12)17(19,20)21/h6-8,14H,4-5H2,1-3H3,(H,22,23). The van der Waals surface area contributed by atoms with Crippen LogP contribution < -0.4 is 9.47 Å². The van der Waals surface area contributed by atoms with E-state index in [2.05, 4.69) is 0 Å². The van der Waals surface area contributed by atoms with Gasteiger partial charge in [-0.3, -0.25) is 0 Å². The Bertz CT molecular complexity index is 705. The number of ether oxygens (including phenoxy) is 2. The second kappa shape index (κ2) is 6.78. The number of carbonyl (C=O) groups is 1. The molecule has 0 aromatic heterocycles. The molecule has 0 saturated carbocycles. The van der Waals surface area contributed by atoms with Crippen molar-refractivity contribution in [1.82, 2.24) is 0 Å². The molecule has 2 rings (SSSR count). The van der Waals surface area contributed by atoms with Gasteiger partial charge in [0.1, 0.15) is 11.5 Å². The molecule has 0 fully saturated rings. The Labute approximate surface area is 148 Å². The molecule has 25 heavy (non-hydrogen) atoms. The third kappa shape index (κ3) is 4.81. The lowest BCUT2D eigenvalue weighted by Crippen LogP contribution is -2.40. The minimum Gasteiger partial charge on any atom is -0.492 e. The highest BCUT2D eigenvalue weighted by molar-refractivity contribution is 6.32. The van der Waals surface area contributed by atoms with Gasteiger partial charge in [-0.25, -0.2) is 4.79 Å². The van der Waals surface area contributed by atoms with E-state index in [0.29, 0.717) is 6.61 Å². The van der Waals surface area contributed by atoms with E-state index in [-0.39, 0.29) is 27.5 Å². The fourth-order valence-electron chi connectivity index (χ4n) is 2.19. The summed E-state index contributed by atoms with van der Waals surface area (Å²) in [6.07, 6.45) is -5.75. The van der Waals surface area contributed by atoms with Gasteiger partial charge in [0.15, 0.2) is 0 Å². The van der Waals surface area contributed by atoms with E-state index in [9.17, 15) is 18.0 Å². The SMILES string of the molecule is CC(C)(C)CCOc1cc2c(cc1Cl)C=C(C(=O)O)C(C(F)(F)F)O2. The van der Waals surface area contributed by atoms with Crippen molar-refractivity contribution in [2.24, 2.45) is 5.41 Å². The van der Waals surface area contributed by atoms with Crippen LogP contribution in [0.4, 0.5) is 13.2 Å². The monoisotopic (exact) mass is 378 g/mol. The molecule has 0 aliphatic carbocycles. The number of halogens is 4. The molecule has 0 amide bonds. The smallest absolute Gasteiger partial charge is 0.430 e. The van der Waals surface area contributed by atoms with E-state index in [1.165, 1.54) is 12.1 Å². The van der Waals surface area contributed by atoms with Crippen molar-refractivity contribution >= 4 is 23.6 Å². The lowest BCUT2D eigenvalue weighted by molar-refractivity contribution is -0.187. The summed E-state index contributed by atoms with van der Waals surface area (Å²) in [5.41, 5.74) is -0.707. The van der Waals surface area contributed by atoms with E-state index in [1.54, 1.807) is 0 Å². The summed E-state index contributed by atoms with van der Waals surface area (Å²) < 4.78 is 49.7. The Morgan fingerprint density at radius 3 is 2.48 bits per heavy atom. The minimum absolute atomic E-state index is 0.0255. The van der Waals surface area contributed by atoms with Crippen molar-refractivity contribution in [3.8, 4) is 11.5 Å². The largest absolute Gasteiger partial charge is 0.492 e. The summed E-state index contributed by atoms with van der Waals surface area (Å²) in [6, 6.07) is 2.59. The van der Waals surface area contributed by atoms with Crippen LogP contribution >= 0.6 is 11.6 Å². The molecule has 1 aliphatic heterocycles. The van der Waals surface area contributed by atoms with E-state index in [4.69, 9.17) is 26.2 Å². The molecule has 0 spiro atoms. The second-order valence-electron chi connectivity index (χ2n) is 6.92.